The van der Waals surface area contributed by atoms with E-state index in [0.29, 0.717) is 28.3 Å². The third-order valence-electron chi connectivity index (χ3n) is 6.15. The molecule has 0 saturated heterocycles. The van der Waals surface area contributed by atoms with Gasteiger partial charge in [0.1, 0.15) is 6.54 Å². The van der Waals surface area contributed by atoms with Gasteiger partial charge in [-0.05, 0) is 42.8 Å². The molecule has 0 spiro atoms. The van der Waals surface area contributed by atoms with Crippen LogP contribution in [0.2, 0.25) is 0 Å². The van der Waals surface area contributed by atoms with Gasteiger partial charge in [0.25, 0.3) is 11.5 Å². The maximum Gasteiger partial charge on any atom is 0.332 e. The van der Waals surface area contributed by atoms with Crippen molar-refractivity contribution in [2.24, 2.45) is 0 Å². The maximum atomic E-state index is 13.6. The Morgan fingerprint density at radius 1 is 0.868 bits per heavy atom. The second-order valence-corrected chi connectivity index (χ2v) is 8.67. The van der Waals surface area contributed by atoms with E-state index >= 15 is 0 Å². The van der Waals surface area contributed by atoms with Crippen LogP contribution in [0, 0.1) is 6.92 Å². The molecule has 0 unspecified atom stereocenters. The van der Waals surface area contributed by atoms with Crippen LogP contribution in [-0.4, -0.2) is 42.2 Å². The minimum absolute atomic E-state index is 0.0600. The number of aryl methyl sites for hydroxylation is 1. The molecule has 0 aliphatic rings. The fourth-order valence-electron chi connectivity index (χ4n) is 4.11. The van der Waals surface area contributed by atoms with Gasteiger partial charge in [0.05, 0.1) is 31.7 Å². The van der Waals surface area contributed by atoms with E-state index in [1.165, 1.54) is 38.0 Å². The molecule has 0 fully saturated rings. The standard InChI is InChI=1S/C28H28N4O6/c1-17-5-11-20(12-6-17)30-25(33)16-31-22-14-24(38-4)23(37-3)13-21(22)27(35)32(28(31)36)15-18-7-9-19(10-8-18)26(34)29-2/h5-14H,15-16H2,1-4H3,(H,29,34)(H,30,33). The van der Waals surface area contributed by atoms with E-state index in [1.807, 2.05) is 19.1 Å². The first-order chi connectivity index (χ1) is 18.2. The van der Waals surface area contributed by atoms with Gasteiger partial charge in [-0.1, -0.05) is 29.8 Å². The van der Waals surface area contributed by atoms with E-state index in [0.717, 1.165) is 10.1 Å². The van der Waals surface area contributed by atoms with E-state index in [1.54, 1.807) is 36.4 Å². The van der Waals surface area contributed by atoms with Crippen LogP contribution in [0.1, 0.15) is 21.5 Å². The lowest BCUT2D eigenvalue weighted by molar-refractivity contribution is -0.116. The third-order valence-corrected chi connectivity index (χ3v) is 6.15. The number of aromatic nitrogens is 2. The number of carbonyl (C=O) groups excluding carboxylic acids is 2. The fourth-order valence-corrected chi connectivity index (χ4v) is 4.11. The van der Waals surface area contributed by atoms with Gasteiger partial charge in [-0.15, -0.1) is 0 Å². The van der Waals surface area contributed by atoms with Crippen molar-refractivity contribution in [3.8, 4) is 11.5 Å². The number of hydrogen-bond acceptors (Lipinski definition) is 6. The van der Waals surface area contributed by atoms with Crippen LogP contribution in [0.5, 0.6) is 11.5 Å². The van der Waals surface area contributed by atoms with Gasteiger partial charge in [0, 0.05) is 24.4 Å². The lowest BCUT2D eigenvalue weighted by Gasteiger charge is -2.16. The molecule has 196 valence electrons. The van der Waals surface area contributed by atoms with Crippen LogP contribution in [0.3, 0.4) is 0 Å². The van der Waals surface area contributed by atoms with Gasteiger partial charge in [-0.25, -0.2) is 4.79 Å². The second kappa shape index (κ2) is 11.0. The number of carbonyl (C=O) groups is 2. The summed E-state index contributed by atoms with van der Waals surface area (Å²) in [6.07, 6.45) is 0. The van der Waals surface area contributed by atoms with Crippen LogP contribution in [0.25, 0.3) is 10.9 Å². The monoisotopic (exact) mass is 516 g/mol. The summed E-state index contributed by atoms with van der Waals surface area (Å²) in [5.41, 5.74) is 1.74. The Hall–Kier alpha value is -4.86. The van der Waals surface area contributed by atoms with E-state index in [4.69, 9.17) is 9.47 Å². The Morgan fingerprint density at radius 2 is 1.50 bits per heavy atom. The van der Waals surface area contributed by atoms with Crippen LogP contribution in [-0.2, 0) is 17.9 Å². The largest absolute Gasteiger partial charge is 0.493 e. The van der Waals surface area contributed by atoms with Gasteiger partial charge in [0.15, 0.2) is 11.5 Å². The Balaban J connectivity index is 1.81. The van der Waals surface area contributed by atoms with Crippen molar-refractivity contribution in [3.63, 3.8) is 0 Å². The molecule has 3 aromatic carbocycles. The van der Waals surface area contributed by atoms with E-state index in [-0.39, 0.29) is 29.9 Å². The van der Waals surface area contributed by atoms with Gasteiger partial charge in [-0.3, -0.25) is 23.5 Å². The fraction of sp³-hybridized carbons (Fsp3) is 0.214. The van der Waals surface area contributed by atoms with Crippen molar-refractivity contribution < 1.29 is 19.1 Å². The second-order valence-electron chi connectivity index (χ2n) is 8.67. The van der Waals surface area contributed by atoms with Crippen molar-refractivity contribution >= 4 is 28.4 Å². The minimum Gasteiger partial charge on any atom is -0.493 e. The molecule has 10 nitrogen and oxygen atoms in total. The zero-order chi connectivity index (χ0) is 27.4. The number of rotatable bonds is 8. The smallest absolute Gasteiger partial charge is 0.332 e. The summed E-state index contributed by atoms with van der Waals surface area (Å²) >= 11 is 0. The molecule has 1 heterocycles. The molecule has 0 atom stereocenters. The maximum absolute atomic E-state index is 13.6. The van der Waals surface area contributed by atoms with Gasteiger partial charge >= 0.3 is 5.69 Å². The molecule has 0 aliphatic carbocycles. The number of amides is 2. The lowest BCUT2D eigenvalue weighted by Crippen LogP contribution is -2.42. The molecule has 0 saturated carbocycles. The summed E-state index contributed by atoms with van der Waals surface area (Å²) in [7, 11) is 4.42. The summed E-state index contributed by atoms with van der Waals surface area (Å²) in [5, 5.41) is 5.52. The zero-order valence-electron chi connectivity index (χ0n) is 21.5. The summed E-state index contributed by atoms with van der Waals surface area (Å²) in [4.78, 5) is 52.0. The molecule has 2 amide bonds. The number of nitrogens with one attached hydrogen (secondary N) is 2. The normalized spacial score (nSPS) is 10.7. The molecule has 38 heavy (non-hydrogen) atoms. The van der Waals surface area contributed by atoms with Crippen LogP contribution >= 0.6 is 0 Å². The predicted molar refractivity (Wildman–Crippen MR) is 144 cm³/mol. The average Bonchev–Trinajstić information content (AvgIpc) is 2.93. The first-order valence-corrected chi connectivity index (χ1v) is 11.8. The van der Waals surface area contributed by atoms with E-state index in [2.05, 4.69) is 10.6 Å². The number of fused-ring (bicyclic) bond motifs is 1. The van der Waals surface area contributed by atoms with E-state index < -0.39 is 17.2 Å². The molecule has 2 N–H and O–H groups in total. The lowest BCUT2D eigenvalue weighted by atomic mass is 10.1. The van der Waals surface area contributed by atoms with Gasteiger partial charge in [-0.2, -0.15) is 0 Å². The molecular weight excluding hydrogens is 488 g/mol. The number of hydrogen-bond donors (Lipinski definition) is 2. The molecule has 1 aromatic heterocycles. The predicted octanol–water partition coefficient (Wildman–Crippen LogP) is 2.54. The van der Waals surface area contributed by atoms with Crippen molar-refractivity contribution in [1.82, 2.24) is 14.5 Å². The first-order valence-electron chi connectivity index (χ1n) is 11.8. The molecular formula is C28H28N4O6. The molecule has 10 heteroatoms. The van der Waals surface area contributed by atoms with Crippen molar-refractivity contribution in [2.45, 2.75) is 20.0 Å². The number of nitrogens with zero attached hydrogens (tertiary/aromatic N) is 2. The van der Waals surface area contributed by atoms with Gasteiger partial charge in [0.2, 0.25) is 5.91 Å². The Kier molecular flexibility index (Phi) is 7.61. The summed E-state index contributed by atoms with van der Waals surface area (Å²) < 4.78 is 13.0. The SMILES string of the molecule is CNC(=O)c1ccc(Cn2c(=O)c3cc(OC)c(OC)cc3n(CC(=O)Nc3ccc(C)cc3)c2=O)cc1. The third kappa shape index (κ3) is 5.29. The van der Waals surface area contributed by atoms with Crippen molar-refractivity contribution in [3.05, 3.63) is 98.2 Å². The minimum atomic E-state index is -0.663. The number of benzene rings is 3. The Bertz CT molecular complexity index is 1620. The molecule has 0 radical (unpaired) electrons. The van der Waals surface area contributed by atoms with E-state index in [9.17, 15) is 19.2 Å². The highest BCUT2D eigenvalue weighted by Crippen LogP contribution is 2.30. The quantitative estimate of drug-likeness (QED) is 0.371. The average molecular weight is 517 g/mol. The summed E-state index contributed by atoms with van der Waals surface area (Å²) in [6.45, 7) is 1.54. The number of ether oxygens (including phenoxy) is 2. The highest BCUT2D eigenvalue weighted by atomic mass is 16.5. The topological polar surface area (TPSA) is 121 Å². The molecule has 0 bridgehead atoms. The number of anilines is 1. The van der Waals surface area contributed by atoms with Crippen molar-refractivity contribution in [2.75, 3.05) is 26.6 Å². The van der Waals surface area contributed by atoms with Crippen molar-refractivity contribution in [1.29, 1.82) is 0 Å². The molecule has 4 aromatic rings. The summed E-state index contributed by atoms with van der Waals surface area (Å²) in [5.74, 6) is -0.0588. The highest BCUT2D eigenvalue weighted by Gasteiger charge is 2.19. The number of methoxy groups -OCH3 is 2. The molecule has 4 rings (SSSR count). The van der Waals surface area contributed by atoms with Crippen LogP contribution in [0.4, 0.5) is 5.69 Å². The first kappa shape index (κ1) is 26.2. The molecule has 0 aliphatic heterocycles. The zero-order valence-corrected chi connectivity index (χ0v) is 21.5. The Morgan fingerprint density at radius 3 is 2.11 bits per heavy atom. The van der Waals surface area contributed by atoms with Gasteiger partial charge < -0.3 is 20.1 Å². The highest BCUT2D eigenvalue weighted by molar-refractivity contribution is 5.94. The Labute approximate surface area is 218 Å². The van der Waals surface area contributed by atoms with Crippen LogP contribution in [0.15, 0.2) is 70.3 Å². The van der Waals surface area contributed by atoms with Crippen LogP contribution < -0.4 is 31.4 Å². The summed E-state index contributed by atoms with van der Waals surface area (Å²) in [6, 6.07) is 16.8.